The number of benzene rings is 2. The Bertz CT molecular complexity index is 471. The number of aryl methyl sites for hydroxylation is 1. The third-order valence-electron chi connectivity index (χ3n) is 2.73. The van der Waals surface area contributed by atoms with Gasteiger partial charge in [-0.15, -0.1) is 0 Å². The SMILES string of the molecule is Cc1ccc(I(CC(C)C)c2ccccc2)cc1. The van der Waals surface area contributed by atoms with E-state index in [4.69, 9.17) is 0 Å². The molecule has 2 aromatic rings. The molecule has 0 atom stereocenters. The van der Waals surface area contributed by atoms with E-state index >= 15 is 0 Å². The van der Waals surface area contributed by atoms with Gasteiger partial charge in [-0.25, -0.2) is 0 Å². The Balaban J connectivity index is 2.33. The van der Waals surface area contributed by atoms with Crippen LogP contribution in [0.1, 0.15) is 19.4 Å². The van der Waals surface area contributed by atoms with Crippen molar-refractivity contribution >= 4 is 19.8 Å². The van der Waals surface area contributed by atoms with Gasteiger partial charge in [0.05, 0.1) is 0 Å². The average Bonchev–Trinajstić information content (AvgIpc) is 2.38. The van der Waals surface area contributed by atoms with Gasteiger partial charge in [0.25, 0.3) is 0 Å². The molecule has 0 unspecified atom stereocenters. The average molecular weight is 352 g/mol. The molecule has 0 spiro atoms. The van der Waals surface area contributed by atoms with Crippen molar-refractivity contribution in [3.8, 4) is 0 Å². The molecule has 0 aliphatic heterocycles. The van der Waals surface area contributed by atoms with Crippen molar-refractivity contribution in [1.82, 2.24) is 0 Å². The molecule has 0 N–H and O–H groups in total. The van der Waals surface area contributed by atoms with E-state index in [2.05, 4.69) is 75.4 Å². The summed E-state index contributed by atoms with van der Waals surface area (Å²) in [6.45, 7) is 6.83. The molecule has 0 bridgehead atoms. The third kappa shape index (κ3) is 3.58. The van der Waals surface area contributed by atoms with Crippen LogP contribution in [0, 0.1) is 20.0 Å². The number of hydrogen-bond acceptors (Lipinski definition) is 0. The Kier molecular flexibility index (Phi) is 4.81. The first-order chi connectivity index (χ1) is 8.66. The van der Waals surface area contributed by atoms with Gasteiger partial charge in [0.15, 0.2) is 0 Å². The summed E-state index contributed by atoms with van der Waals surface area (Å²) in [5, 5.41) is 0. The van der Waals surface area contributed by atoms with Crippen molar-refractivity contribution in [3.63, 3.8) is 0 Å². The Morgan fingerprint density at radius 2 is 1.39 bits per heavy atom. The standard InChI is InChI=1S/C17H21I/c1-14(2)13-18(16-7-5-4-6-8-16)17-11-9-15(3)10-12-17/h4-12,14H,13H2,1-3H3. The molecule has 1 heteroatoms. The minimum absolute atomic E-state index is 0.775. The van der Waals surface area contributed by atoms with Gasteiger partial charge in [-0.1, -0.05) is 0 Å². The molecular formula is C17H21I. The number of alkyl halides is 1. The van der Waals surface area contributed by atoms with Gasteiger partial charge in [-0.05, 0) is 0 Å². The van der Waals surface area contributed by atoms with Crippen LogP contribution in [-0.4, -0.2) is 4.43 Å². The normalized spacial score (nSPS) is 11.7. The molecule has 18 heavy (non-hydrogen) atoms. The van der Waals surface area contributed by atoms with Crippen molar-refractivity contribution in [2.24, 2.45) is 5.92 Å². The molecule has 0 nitrogen and oxygen atoms in total. The van der Waals surface area contributed by atoms with Crippen LogP contribution in [0.4, 0.5) is 0 Å². The van der Waals surface area contributed by atoms with Crippen LogP contribution in [0.3, 0.4) is 0 Å². The number of halogens is 1. The fourth-order valence-electron chi connectivity index (χ4n) is 1.86. The van der Waals surface area contributed by atoms with Crippen LogP contribution in [0.5, 0.6) is 0 Å². The van der Waals surface area contributed by atoms with Crippen LogP contribution in [0.25, 0.3) is 0 Å². The summed E-state index contributed by atoms with van der Waals surface area (Å²) in [5.41, 5.74) is 1.35. The van der Waals surface area contributed by atoms with Gasteiger partial charge in [-0.2, -0.15) is 0 Å². The summed E-state index contributed by atoms with van der Waals surface area (Å²) in [7, 11) is 0. The van der Waals surface area contributed by atoms with Crippen LogP contribution < -0.4 is 0 Å². The summed E-state index contributed by atoms with van der Waals surface area (Å²) < 4.78 is 4.53. The van der Waals surface area contributed by atoms with E-state index in [1.165, 1.54) is 9.99 Å². The maximum atomic E-state index is 2.34. The quantitative estimate of drug-likeness (QED) is 0.524. The Hall–Kier alpha value is -0.830. The molecule has 0 heterocycles. The third-order valence-corrected chi connectivity index (χ3v) is 9.82. The van der Waals surface area contributed by atoms with Gasteiger partial charge in [-0.3, -0.25) is 0 Å². The fraction of sp³-hybridized carbons (Fsp3) is 0.294. The minimum atomic E-state index is -1.23. The van der Waals surface area contributed by atoms with Crippen molar-refractivity contribution < 1.29 is 0 Å². The van der Waals surface area contributed by atoms with Crippen LogP contribution in [0.2, 0.25) is 0 Å². The zero-order valence-electron chi connectivity index (χ0n) is 11.4. The van der Waals surface area contributed by atoms with E-state index in [0.29, 0.717) is 0 Å². The second-order valence-corrected chi connectivity index (χ2v) is 10.4. The van der Waals surface area contributed by atoms with E-state index < -0.39 is 19.8 Å². The Morgan fingerprint density at radius 3 is 1.94 bits per heavy atom. The first-order valence-corrected chi connectivity index (χ1v) is 10.1. The first kappa shape index (κ1) is 13.6. The van der Waals surface area contributed by atoms with E-state index in [-0.39, 0.29) is 0 Å². The van der Waals surface area contributed by atoms with Gasteiger partial charge < -0.3 is 0 Å². The zero-order valence-corrected chi connectivity index (χ0v) is 13.5. The van der Waals surface area contributed by atoms with Crippen molar-refractivity contribution in [2.45, 2.75) is 20.8 Å². The molecule has 96 valence electrons. The van der Waals surface area contributed by atoms with Crippen LogP contribution >= 0.6 is 19.8 Å². The van der Waals surface area contributed by atoms with E-state index in [9.17, 15) is 0 Å². The van der Waals surface area contributed by atoms with Gasteiger partial charge in [0.1, 0.15) is 0 Å². The molecule has 0 aliphatic carbocycles. The second-order valence-electron chi connectivity index (χ2n) is 5.00. The predicted molar refractivity (Wildman–Crippen MR) is 88.7 cm³/mol. The zero-order chi connectivity index (χ0) is 13.0. The fourth-order valence-corrected chi connectivity index (χ4v) is 7.87. The van der Waals surface area contributed by atoms with E-state index in [1.807, 2.05) is 0 Å². The maximum absolute atomic E-state index is 2.34. The van der Waals surface area contributed by atoms with Crippen molar-refractivity contribution in [3.05, 3.63) is 67.3 Å². The molecular weight excluding hydrogens is 331 g/mol. The molecule has 0 amide bonds. The molecule has 0 radical (unpaired) electrons. The Labute approximate surface area is 118 Å². The van der Waals surface area contributed by atoms with Crippen LogP contribution in [-0.2, 0) is 0 Å². The second kappa shape index (κ2) is 6.37. The van der Waals surface area contributed by atoms with Gasteiger partial charge in [0, 0.05) is 0 Å². The predicted octanol–water partition coefficient (Wildman–Crippen LogP) is 5.20. The molecule has 0 saturated heterocycles. The van der Waals surface area contributed by atoms with Gasteiger partial charge >= 0.3 is 118 Å². The molecule has 0 fully saturated rings. The number of rotatable bonds is 4. The first-order valence-electron chi connectivity index (χ1n) is 6.44. The number of hydrogen-bond donors (Lipinski definition) is 0. The summed E-state index contributed by atoms with van der Waals surface area (Å²) >= 11 is -1.23. The van der Waals surface area contributed by atoms with Crippen LogP contribution in [0.15, 0.2) is 54.6 Å². The van der Waals surface area contributed by atoms with Crippen molar-refractivity contribution in [2.75, 3.05) is 4.43 Å². The molecule has 0 aliphatic rings. The Morgan fingerprint density at radius 1 is 0.833 bits per heavy atom. The molecule has 2 aromatic carbocycles. The molecule has 0 aromatic heterocycles. The van der Waals surface area contributed by atoms with Gasteiger partial charge in [0.2, 0.25) is 0 Å². The monoisotopic (exact) mass is 352 g/mol. The molecule has 0 saturated carbocycles. The van der Waals surface area contributed by atoms with E-state index in [0.717, 1.165) is 5.92 Å². The summed E-state index contributed by atoms with van der Waals surface area (Å²) in [6.07, 6.45) is 0. The molecule has 2 rings (SSSR count). The van der Waals surface area contributed by atoms with Crippen molar-refractivity contribution in [1.29, 1.82) is 0 Å². The summed E-state index contributed by atoms with van der Waals surface area (Å²) in [5.74, 6) is 0.775. The summed E-state index contributed by atoms with van der Waals surface area (Å²) in [6, 6.07) is 20.3. The summed E-state index contributed by atoms with van der Waals surface area (Å²) in [4.78, 5) is 0. The van der Waals surface area contributed by atoms with E-state index in [1.54, 1.807) is 7.14 Å². The topological polar surface area (TPSA) is 0 Å².